The van der Waals surface area contributed by atoms with E-state index in [4.69, 9.17) is 9.47 Å². The van der Waals surface area contributed by atoms with E-state index in [-0.39, 0.29) is 36.9 Å². The van der Waals surface area contributed by atoms with Gasteiger partial charge < -0.3 is 19.7 Å². The maximum Gasteiger partial charge on any atom is 0.251 e. The largest absolute Gasteiger partial charge is 0.454 e. The Morgan fingerprint density at radius 3 is 2.88 bits per heavy atom. The lowest BCUT2D eigenvalue weighted by Gasteiger charge is -2.17. The van der Waals surface area contributed by atoms with E-state index < -0.39 is 0 Å². The van der Waals surface area contributed by atoms with Crippen molar-refractivity contribution in [2.75, 3.05) is 13.3 Å². The lowest BCUT2D eigenvalue weighted by molar-refractivity contribution is -0.128. The number of rotatable bonds is 4. The van der Waals surface area contributed by atoms with E-state index in [1.165, 1.54) is 12.1 Å². The Balaban J connectivity index is 1.38. The molecule has 0 spiro atoms. The number of nitrogens with one attached hydrogen (secondary N) is 1. The molecule has 2 aromatic carbocycles. The summed E-state index contributed by atoms with van der Waals surface area (Å²) in [6.07, 6.45) is 0.228. The zero-order valence-electron chi connectivity index (χ0n) is 13.9. The number of ether oxygens (including phenoxy) is 2. The summed E-state index contributed by atoms with van der Waals surface area (Å²) in [5.41, 5.74) is 1.17. The van der Waals surface area contributed by atoms with E-state index in [0.29, 0.717) is 30.2 Å². The Morgan fingerprint density at radius 1 is 1.19 bits per heavy atom. The van der Waals surface area contributed by atoms with E-state index in [2.05, 4.69) is 5.32 Å². The molecule has 1 atom stereocenters. The number of hydrogen-bond donors (Lipinski definition) is 1. The maximum absolute atomic E-state index is 13.3. The number of nitrogens with zero attached hydrogens (tertiary/aromatic N) is 1. The Labute approximate surface area is 149 Å². The van der Waals surface area contributed by atoms with Gasteiger partial charge in [0, 0.05) is 25.1 Å². The van der Waals surface area contributed by atoms with E-state index in [0.717, 1.165) is 5.56 Å². The molecule has 1 N–H and O–H groups in total. The quantitative estimate of drug-likeness (QED) is 0.911. The van der Waals surface area contributed by atoms with Gasteiger partial charge in [0.15, 0.2) is 11.5 Å². The molecule has 1 saturated heterocycles. The minimum Gasteiger partial charge on any atom is -0.454 e. The van der Waals surface area contributed by atoms with Crippen LogP contribution < -0.4 is 14.8 Å². The molecule has 2 aromatic rings. The molecule has 0 aliphatic carbocycles. The predicted octanol–water partition coefficient (Wildman–Crippen LogP) is 2.09. The van der Waals surface area contributed by atoms with Crippen molar-refractivity contribution in [2.24, 2.45) is 0 Å². The average molecular weight is 356 g/mol. The van der Waals surface area contributed by atoms with E-state index >= 15 is 0 Å². The van der Waals surface area contributed by atoms with Crippen LogP contribution >= 0.6 is 0 Å². The number of halogens is 1. The Morgan fingerprint density at radius 2 is 2.04 bits per heavy atom. The van der Waals surface area contributed by atoms with Gasteiger partial charge in [-0.15, -0.1) is 0 Å². The third-order valence-electron chi connectivity index (χ3n) is 4.45. The van der Waals surface area contributed by atoms with Gasteiger partial charge in [0.2, 0.25) is 12.7 Å². The topological polar surface area (TPSA) is 67.9 Å². The van der Waals surface area contributed by atoms with Gasteiger partial charge in [0.1, 0.15) is 5.82 Å². The standard InChI is InChI=1S/C19H17FN2O4/c20-14-3-1-2-12(6-14)9-22-10-15(8-18(22)23)21-19(24)13-4-5-16-17(7-13)26-11-25-16/h1-7,15H,8-11H2,(H,21,24). The normalized spacial score (nSPS) is 18.3. The number of carbonyl (C=O) groups excluding carboxylic acids is 2. The molecule has 1 fully saturated rings. The van der Waals surface area contributed by atoms with Gasteiger partial charge in [-0.2, -0.15) is 0 Å². The molecule has 1 unspecified atom stereocenters. The highest BCUT2D eigenvalue weighted by molar-refractivity contribution is 5.95. The second kappa shape index (κ2) is 6.67. The minimum atomic E-state index is -0.332. The van der Waals surface area contributed by atoms with Crippen molar-refractivity contribution >= 4 is 11.8 Å². The van der Waals surface area contributed by atoms with Crippen LogP contribution in [0.5, 0.6) is 11.5 Å². The van der Waals surface area contributed by atoms with Gasteiger partial charge in [0.25, 0.3) is 5.91 Å². The molecular weight excluding hydrogens is 339 g/mol. The maximum atomic E-state index is 13.3. The smallest absolute Gasteiger partial charge is 0.251 e. The fourth-order valence-electron chi connectivity index (χ4n) is 3.18. The molecule has 0 aromatic heterocycles. The number of hydrogen-bond acceptors (Lipinski definition) is 4. The molecule has 6 nitrogen and oxygen atoms in total. The second-order valence-corrected chi connectivity index (χ2v) is 6.35. The molecule has 2 aliphatic heterocycles. The number of benzene rings is 2. The van der Waals surface area contributed by atoms with Gasteiger partial charge >= 0.3 is 0 Å². The molecule has 134 valence electrons. The monoisotopic (exact) mass is 356 g/mol. The fraction of sp³-hybridized carbons (Fsp3) is 0.263. The van der Waals surface area contributed by atoms with Crippen LogP contribution in [-0.4, -0.2) is 36.1 Å². The summed E-state index contributed by atoms with van der Waals surface area (Å²) < 4.78 is 23.8. The zero-order valence-corrected chi connectivity index (χ0v) is 13.9. The molecule has 2 amide bonds. The number of carbonyl (C=O) groups is 2. The first-order valence-corrected chi connectivity index (χ1v) is 8.31. The van der Waals surface area contributed by atoms with Crippen LogP contribution in [0.2, 0.25) is 0 Å². The minimum absolute atomic E-state index is 0.0646. The van der Waals surface area contributed by atoms with Crippen molar-refractivity contribution in [1.29, 1.82) is 0 Å². The van der Waals surface area contributed by atoms with Gasteiger partial charge in [-0.1, -0.05) is 12.1 Å². The molecule has 0 radical (unpaired) electrons. The SMILES string of the molecule is O=C(NC1CC(=O)N(Cc2cccc(F)c2)C1)c1ccc2c(c1)OCO2. The van der Waals surface area contributed by atoms with E-state index in [9.17, 15) is 14.0 Å². The lowest BCUT2D eigenvalue weighted by Crippen LogP contribution is -2.37. The molecule has 26 heavy (non-hydrogen) atoms. The van der Waals surface area contributed by atoms with Gasteiger partial charge in [-0.25, -0.2) is 4.39 Å². The first-order chi connectivity index (χ1) is 12.6. The van der Waals surface area contributed by atoms with Crippen LogP contribution in [0.3, 0.4) is 0 Å². The number of fused-ring (bicyclic) bond motifs is 1. The number of amides is 2. The first-order valence-electron chi connectivity index (χ1n) is 8.31. The summed E-state index contributed by atoms with van der Waals surface area (Å²) in [6.45, 7) is 0.866. The first kappa shape index (κ1) is 16.4. The predicted molar refractivity (Wildman–Crippen MR) is 90.3 cm³/mol. The molecule has 4 rings (SSSR count). The van der Waals surface area contributed by atoms with Crippen LogP contribution in [0.15, 0.2) is 42.5 Å². The van der Waals surface area contributed by atoms with Crippen molar-refractivity contribution < 1.29 is 23.5 Å². The summed E-state index contributed by atoms with van der Waals surface area (Å²) in [5.74, 6) is 0.479. The highest BCUT2D eigenvalue weighted by Gasteiger charge is 2.31. The van der Waals surface area contributed by atoms with Gasteiger partial charge in [-0.05, 0) is 35.9 Å². The molecular formula is C19H17FN2O4. The summed E-state index contributed by atoms with van der Waals surface area (Å²) in [6, 6.07) is 10.8. The van der Waals surface area contributed by atoms with Crippen molar-refractivity contribution in [2.45, 2.75) is 19.0 Å². The Kier molecular flexibility index (Phi) is 4.20. The highest BCUT2D eigenvalue weighted by Crippen LogP contribution is 2.32. The number of likely N-dealkylation sites (tertiary alicyclic amines) is 1. The molecule has 2 aliphatic rings. The summed E-state index contributed by atoms with van der Waals surface area (Å²) >= 11 is 0. The van der Waals surface area contributed by atoms with Crippen molar-refractivity contribution in [1.82, 2.24) is 10.2 Å². The highest BCUT2D eigenvalue weighted by atomic mass is 19.1. The van der Waals surface area contributed by atoms with E-state index in [1.807, 2.05) is 0 Å². The van der Waals surface area contributed by atoms with Crippen molar-refractivity contribution in [3.05, 3.63) is 59.4 Å². The van der Waals surface area contributed by atoms with Crippen molar-refractivity contribution in [3.8, 4) is 11.5 Å². The third-order valence-corrected chi connectivity index (χ3v) is 4.45. The molecule has 0 bridgehead atoms. The Bertz CT molecular complexity index is 870. The Hall–Kier alpha value is -3.09. The average Bonchev–Trinajstić information content (AvgIpc) is 3.21. The summed E-state index contributed by atoms with van der Waals surface area (Å²) in [5, 5.41) is 2.87. The van der Waals surface area contributed by atoms with Crippen molar-refractivity contribution in [3.63, 3.8) is 0 Å². The van der Waals surface area contributed by atoms with Crippen LogP contribution in [0.25, 0.3) is 0 Å². The summed E-state index contributed by atoms with van der Waals surface area (Å²) in [4.78, 5) is 26.2. The van der Waals surface area contributed by atoms with Crippen LogP contribution in [0.1, 0.15) is 22.3 Å². The molecule has 0 saturated carbocycles. The van der Waals surface area contributed by atoms with Gasteiger partial charge in [0.05, 0.1) is 6.04 Å². The molecule has 2 heterocycles. The summed E-state index contributed by atoms with van der Waals surface area (Å²) in [7, 11) is 0. The molecule has 7 heteroatoms. The fourth-order valence-corrected chi connectivity index (χ4v) is 3.18. The van der Waals surface area contributed by atoms with Crippen LogP contribution in [-0.2, 0) is 11.3 Å². The third kappa shape index (κ3) is 3.33. The van der Waals surface area contributed by atoms with Crippen LogP contribution in [0, 0.1) is 5.82 Å². The second-order valence-electron chi connectivity index (χ2n) is 6.35. The zero-order chi connectivity index (χ0) is 18.1. The van der Waals surface area contributed by atoms with E-state index in [1.54, 1.807) is 35.2 Å². The van der Waals surface area contributed by atoms with Gasteiger partial charge in [-0.3, -0.25) is 9.59 Å². The lowest BCUT2D eigenvalue weighted by atomic mass is 10.1. The van der Waals surface area contributed by atoms with Crippen LogP contribution in [0.4, 0.5) is 4.39 Å².